The molecular formula is C20H23ClN6O2S. The van der Waals surface area contributed by atoms with Crippen molar-refractivity contribution in [3.05, 3.63) is 59.0 Å². The molecule has 1 aromatic carbocycles. The molecule has 158 valence electrons. The lowest BCUT2D eigenvalue weighted by molar-refractivity contribution is -0.113. The average molecular weight is 447 g/mol. The molecule has 3 rings (SSSR count). The number of thioether (sulfide) groups is 1. The molecule has 10 heteroatoms. The van der Waals surface area contributed by atoms with Crippen molar-refractivity contribution in [2.75, 3.05) is 16.9 Å². The van der Waals surface area contributed by atoms with Crippen molar-refractivity contribution >= 4 is 35.1 Å². The molecule has 0 radical (unpaired) electrons. The number of halogens is 1. The molecule has 2 aromatic heterocycles. The Kier molecular flexibility index (Phi) is 6.84. The maximum absolute atomic E-state index is 12.1. The summed E-state index contributed by atoms with van der Waals surface area (Å²) in [6, 6.07) is 11.2. The van der Waals surface area contributed by atoms with Gasteiger partial charge in [-0.2, -0.15) is 0 Å². The number of hydrogen-bond donors (Lipinski definition) is 2. The fourth-order valence-electron chi connectivity index (χ4n) is 2.46. The zero-order valence-corrected chi connectivity index (χ0v) is 18.5. The van der Waals surface area contributed by atoms with Crippen LogP contribution < -0.4 is 15.9 Å². The highest BCUT2D eigenvalue weighted by atomic mass is 35.5. The summed E-state index contributed by atoms with van der Waals surface area (Å²) >= 11 is 6.94. The molecule has 1 amide bonds. The van der Waals surface area contributed by atoms with Crippen molar-refractivity contribution in [1.29, 1.82) is 0 Å². The molecule has 30 heavy (non-hydrogen) atoms. The first kappa shape index (κ1) is 21.9. The molecule has 0 atom stereocenters. The molecule has 0 saturated carbocycles. The number of hydrogen-bond acceptors (Lipinski definition) is 7. The minimum Gasteiger partial charge on any atom is -0.486 e. The van der Waals surface area contributed by atoms with Gasteiger partial charge in [0.15, 0.2) is 5.82 Å². The Labute approximate surface area is 184 Å². The normalized spacial score (nSPS) is 11.3. The molecule has 0 aliphatic carbocycles. The van der Waals surface area contributed by atoms with Crippen LogP contribution in [0, 0.1) is 0 Å². The van der Waals surface area contributed by atoms with E-state index in [0.717, 1.165) is 5.75 Å². The summed E-state index contributed by atoms with van der Waals surface area (Å²) in [4.78, 5) is 16.1. The Bertz CT molecular complexity index is 1000. The highest BCUT2D eigenvalue weighted by Crippen LogP contribution is 2.24. The fourth-order valence-corrected chi connectivity index (χ4v) is 3.25. The lowest BCUT2D eigenvalue weighted by atomic mass is 9.87. The van der Waals surface area contributed by atoms with E-state index in [1.165, 1.54) is 28.2 Å². The van der Waals surface area contributed by atoms with Gasteiger partial charge < -0.3 is 15.9 Å². The molecule has 0 aliphatic heterocycles. The van der Waals surface area contributed by atoms with Gasteiger partial charge in [0, 0.05) is 6.20 Å². The first-order valence-electron chi connectivity index (χ1n) is 9.19. The minimum atomic E-state index is -0.241. The van der Waals surface area contributed by atoms with E-state index in [4.69, 9.17) is 22.2 Å². The Morgan fingerprint density at radius 2 is 1.93 bits per heavy atom. The Balaban J connectivity index is 1.51. The molecule has 3 N–H and O–H groups in total. The molecule has 3 aromatic rings. The van der Waals surface area contributed by atoms with Crippen LogP contribution in [0.3, 0.4) is 0 Å². The number of amides is 1. The number of pyridine rings is 1. The van der Waals surface area contributed by atoms with Crippen molar-refractivity contribution in [2.45, 2.75) is 37.9 Å². The van der Waals surface area contributed by atoms with Crippen LogP contribution in [0.5, 0.6) is 5.75 Å². The summed E-state index contributed by atoms with van der Waals surface area (Å²) in [6.07, 6.45) is 1.46. The number of benzene rings is 1. The lowest BCUT2D eigenvalue weighted by Gasteiger charge is -2.19. The topological polar surface area (TPSA) is 108 Å². The standard InChI is InChI=1S/C20H23ClN6O2S/c1-20(2,3)13-4-7-15(8-5-13)29-11-17-25-26-19(27(17)22)30-12-18(28)24-16-9-6-14(21)10-23-16/h4-10H,11-12,22H2,1-3H3,(H,23,24,28). The quantitative estimate of drug-likeness (QED) is 0.421. The maximum atomic E-state index is 12.1. The third kappa shape index (κ3) is 5.87. The third-order valence-electron chi connectivity index (χ3n) is 4.15. The van der Waals surface area contributed by atoms with Crippen molar-refractivity contribution in [3.8, 4) is 5.75 Å². The second-order valence-corrected chi connectivity index (χ2v) is 8.91. The first-order valence-corrected chi connectivity index (χ1v) is 10.6. The second-order valence-electron chi connectivity index (χ2n) is 7.53. The van der Waals surface area contributed by atoms with E-state index >= 15 is 0 Å². The minimum absolute atomic E-state index is 0.0814. The van der Waals surface area contributed by atoms with Crippen LogP contribution in [0.15, 0.2) is 47.8 Å². The summed E-state index contributed by atoms with van der Waals surface area (Å²) in [7, 11) is 0. The van der Waals surface area contributed by atoms with Gasteiger partial charge in [0.2, 0.25) is 11.1 Å². The van der Waals surface area contributed by atoms with E-state index in [-0.39, 0.29) is 23.7 Å². The average Bonchev–Trinajstić information content (AvgIpc) is 3.06. The first-order chi connectivity index (χ1) is 14.2. The number of anilines is 1. The van der Waals surface area contributed by atoms with Crippen molar-refractivity contribution in [3.63, 3.8) is 0 Å². The Morgan fingerprint density at radius 3 is 2.57 bits per heavy atom. The number of nitrogen functional groups attached to an aromatic ring is 1. The molecule has 0 aliphatic rings. The van der Waals surface area contributed by atoms with Gasteiger partial charge in [0.25, 0.3) is 0 Å². The number of nitrogens with one attached hydrogen (secondary N) is 1. The molecule has 0 saturated heterocycles. The predicted octanol–water partition coefficient (Wildman–Crippen LogP) is 3.65. The molecule has 0 spiro atoms. The van der Waals surface area contributed by atoms with Gasteiger partial charge >= 0.3 is 0 Å². The van der Waals surface area contributed by atoms with Gasteiger partial charge in [-0.15, -0.1) is 10.2 Å². The van der Waals surface area contributed by atoms with E-state index in [1.54, 1.807) is 12.1 Å². The number of nitrogens with two attached hydrogens (primary N) is 1. The molecule has 0 fully saturated rings. The van der Waals surface area contributed by atoms with Gasteiger partial charge in [0.1, 0.15) is 18.2 Å². The summed E-state index contributed by atoms with van der Waals surface area (Å²) < 4.78 is 7.08. The highest BCUT2D eigenvalue weighted by molar-refractivity contribution is 7.99. The summed E-state index contributed by atoms with van der Waals surface area (Å²) in [5.74, 6) is 7.50. The number of carbonyl (C=O) groups is 1. The number of nitrogens with zero attached hydrogens (tertiary/aromatic N) is 4. The van der Waals surface area contributed by atoms with E-state index in [1.807, 2.05) is 24.3 Å². The van der Waals surface area contributed by atoms with E-state index in [2.05, 4.69) is 41.3 Å². The van der Waals surface area contributed by atoms with Crippen LogP contribution in [0.4, 0.5) is 5.82 Å². The van der Waals surface area contributed by atoms with Gasteiger partial charge in [-0.1, -0.05) is 56.3 Å². The van der Waals surface area contributed by atoms with Crippen LogP contribution in [0.25, 0.3) is 0 Å². The maximum Gasteiger partial charge on any atom is 0.236 e. The van der Waals surface area contributed by atoms with Crippen molar-refractivity contribution in [2.24, 2.45) is 0 Å². The monoisotopic (exact) mass is 446 g/mol. The zero-order valence-electron chi connectivity index (χ0n) is 16.9. The summed E-state index contributed by atoms with van der Waals surface area (Å²) in [6.45, 7) is 6.64. The largest absolute Gasteiger partial charge is 0.486 e. The van der Waals surface area contributed by atoms with Gasteiger partial charge in [-0.25, -0.2) is 9.66 Å². The van der Waals surface area contributed by atoms with Crippen LogP contribution >= 0.6 is 23.4 Å². The molecular weight excluding hydrogens is 424 g/mol. The SMILES string of the molecule is CC(C)(C)c1ccc(OCc2nnc(SCC(=O)Nc3ccc(Cl)cn3)n2N)cc1. The van der Waals surface area contributed by atoms with Gasteiger partial charge in [0.05, 0.1) is 10.8 Å². The highest BCUT2D eigenvalue weighted by Gasteiger charge is 2.15. The van der Waals surface area contributed by atoms with E-state index in [9.17, 15) is 4.79 Å². The number of rotatable bonds is 7. The Hall–Kier alpha value is -2.78. The van der Waals surface area contributed by atoms with Crippen LogP contribution in [-0.4, -0.2) is 31.5 Å². The second kappa shape index (κ2) is 9.36. The lowest BCUT2D eigenvalue weighted by Crippen LogP contribution is -2.18. The molecule has 0 unspecified atom stereocenters. The van der Waals surface area contributed by atoms with Crippen LogP contribution in [0.2, 0.25) is 5.02 Å². The Morgan fingerprint density at radius 1 is 1.20 bits per heavy atom. The zero-order chi connectivity index (χ0) is 21.7. The van der Waals surface area contributed by atoms with E-state index in [0.29, 0.717) is 21.8 Å². The predicted molar refractivity (Wildman–Crippen MR) is 118 cm³/mol. The number of ether oxygens (including phenoxy) is 1. The van der Waals surface area contributed by atoms with Crippen LogP contribution in [-0.2, 0) is 16.8 Å². The third-order valence-corrected chi connectivity index (χ3v) is 5.32. The van der Waals surface area contributed by atoms with E-state index < -0.39 is 0 Å². The molecule has 2 heterocycles. The summed E-state index contributed by atoms with van der Waals surface area (Å²) in [5, 5.41) is 11.7. The van der Waals surface area contributed by atoms with Crippen molar-refractivity contribution in [1.82, 2.24) is 19.9 Å². The number of carbonyl (C=O) groups excluding carboxylic acids is 1. The summed E-state index contributed by atoms with van der Waals surface area (Å²) in [5.41, 5.74) is 1.31. The fraction of sp³-hybridized carbons (Fsp3) is 0.300. The van der Waals surface area contributed by atoms with Crippen molar-refractivity contribution < 1.29 is 9.53 Å². The number of aromatic nitrogens is 4. The van der Waals surface area contributed by atoms with Crippen LogP contribution in [0.1, 0.15) is 32.2 Å². The van der Waals surface area contributed by atoms with Gasteiger partial charge in [-0.05, 0) is 35.2 Å². The van der Waals surface area contributed by atoms with Gasteiger partial charge in [-0.3, -0.25) is 4.79 Å². The molecule has 8 nitrogen and oxygen atoms in total. The molecule has 0 bridgehead atoms. The smallest absolute Gasteiger partial charge is 0.236 e.